The summed E-state index contributed by atoms with van der Waals surface area (Å²) >= 11 is 0. The molecule has 2 amide bonds. The maximum absolute atomic E-state index is 12.5. The number of ether oxygens (including phenoxy) is 1. The number of carbonyl (C=O) groups is 2. The zero-order valence-electron chi connectivity index (χ0n) is 22.7. The molecule has 0 unspecified atom stereocenters. The van der Waals surface area contributed by atoms with Crippen molar-refractivity contribution >= 4 is 33.1 Å². The summed E-state index contributed by atoms with van der Waals surface area (Å²) in [4.78, 5) is 31.8. The fourth-order valence-corrected chi connectivity index (χ4v) is 6.71. The van der Waals surface area contributed by atoms with Crippen LogP contribution in [0.15, 0.2) is 42.5 Å². The molecular formula is C29H36N4O5S. The second-order valence-electron chi connectivity index (χ2n) is 10.9. The first-order chi connectivity index (χ1) is 18.6. The summed E-state index contributed by atoms with van der Waals surface area (Å²) in [5, 5.41) is 0. The van der Waals surface area contributed by atoms with E-state index in [1.807, 2.05) is 6.07 Å². The number of benzene rings is 2. The molecule has 2 aromatic carbocycles. The van der Waals surface area contributed by atoms with Gasteiger partial charge in [0.05, 0.1) is 30.9 Å². The number of hydrogen-bond acceptors (Lipinski definition) is 6. The van der Waals surface area contributed by atoms with Crippen molar-refractivity contribution in [3.63, 3.8) is 0 Å². The van der Waals surface area contributed by atoms with Crippen molar-refractivity contribution < 1.29 is 22.7 Å². The van der Waals surface area contributed by atoms with Crippen LogP contribution in [0.5, 0.6) is 0 Å². The van der Waals surface area contributed by atoms with Crippen molar-refractivity contribution in [3.05, 3.63) is 65.0 Å². The summed E-state index contributed by atoms with van der Waals surface area (Å²) < 4.78 is 32.6. The maximum Gasteiger partial charge on any atom is 0.409 e. The minimum absolute atomic E-state index is 0.136. The number of fused-ring (bicyclic) bond motifs is 3. The van der Waals surface area contributed by atoms with Crippen molar-refractivity contribution in [2.24, 2.45) is 5.92 Å². The van der Waals surface area contributed by atoms with Crippen LogP contribution in [0, 0.1) is 5.92 Å². The van der Waals surface area contributed by atoms with Gasteiger partial charge >= 0.3 is 6.09 Å². The van der Waals surface area contributed by atoms with E-state index in [1.165, 1.54) is 18.2 Å². The third kappa shape index (κ3) is 5.80. The van der Waals surface area contributed by atoms with Crippen LogP contribution in [0.25, 0.3) is 11.0 Å². The molecule has 1 aliphatic carbocycles. The Labute approximate surface area is 229 Å². The molecule has 0 saturated heterocycles. The standard InChI is InChI=1S/C29H36N4O5S/c1-19(17-20-7-5-4-6-8-20)33-25-14-13-21-15-16-32(29(35)38-2)18-24(21)26(25)30-27(33)22-9-11-23(12-10-22)28(34)31-39(3,36)37/h4-8,13-14,19,22-23H,9-12,15-18H2,1-3H3,(H,31,34)/t19-,22-,23-/m0/s1. The highest BCUT2D eigenvalue weighted by Crippen LogP contribution is 2.40. The first kappa shape index (κ1) is 27.2. The molecule has 3 aromatic rings. The average molecular weight is 553 g/mol. The molecule has 9 nitrogen and oxygen atoms in total. The predicted molar refractivity (Wildman–Crippen MR) is 149 cm³/mol. The Morgan fingerprint density at radius 1 is 1.10 bits per heavy atom. The summed E-state index contributed by atoms with van der Waals surface area (Å²) in [6, 6.07) is 14.8. The van der Waals surface area contributed by atoms with Gasteiger partial charge in [0.1, 0.15) is 5.82 Å². The summed E-state index contributed by atoms with van der Waals surface area (Å²) in [7, 11) is -2.17. The predicted octanol–water partition coefficient (Wildman–Crippen LogP) is 4.31. The number of amides is 2. The van der Waals surface area contributed by atoms with Crippen LogP contribution in [0.3, 0.4) is 0 Å². The van der Waals surface area contributed by atoms with E-state index in [9.17, 15) is 18.0 Å². The summed E-state index contributed by atoms with van der Waals surface area (Å²) in [5.41, 5.74) is 5.49. The van der Waals surface area contributed by atoms with E-state index < -0.39 is 15.9 Å². The van der Waals surface area contributed by atoms with Gasteiger partial charge in [-0.1, -0.05) is 36.4 Å². The molecule has 1 saturated carbocycles. The van der Waals surface area contributed by atoms with Gasteiger partial charge in [-0.05, 0) is 62.6 Å². The topological polar surface area (TPSA) is 111 Å². The summed E-state index contributed by atoms with van der Waals surface area (Å²) in [6.07, 6.45) is 4.99. The Morgan fingerprint density at radius 3 is 2.49 bits per heavy atom. The Bertz CT molecular complexity index is 1480. The Balaban J connectivity index is 1.50. The highest BCUT2D eigenvalue weighted by Gasteiger charge is 2.33. The van der Waals surface area contributed by atoms with E-state index >= 15 is 0 Å². The molecule has 2 aliphatic rings. The fraction of sp³-hybridized carbons (Fsp3) is 0.483. The van der Waals surface area contributed by atoms with Gasteiger partial charge in [0.25, 0.3) is 0 Å². The van der Waals surface area contributed by atoms with E-state index in [4.69, 9.17) is 9.72 Å². The molecule has 0 spiro atoms. The number of aromatic nitrogens is 2. The van der Waals surface area contributed by atoms with E-state index in [1.54, 1.807) is 4.90 Å². The molecule has 39 heavy (non-hydrogen) atoms. The Morgan fingerprint density at radius 2 is 1.82 bits per heavy atom. The number of nitrogens with one attached hydrogen (secondary N) is 1. The molecule has 10 heteroatoms. The van der Waals surface area contributed by atoms with Crippen LogP contribution in [0.1, 0.15) is 67.1 Å². The second kappa shape index (κ2) is 11.0. The van der Waals surface area contributed by atoms with Gasteiger partial charge in [-0.15, -0.1) is 0 Å². The van der Waals surface area contributed by atoms with Crippen molar-refractivity contribution in [1.82, 2.24) is 19.2 Å². The monoisotopic (exact) mass is 552 g/mol. The molecule has 1 N–H and O–H groups in total. The molecule has 2 heterocycles. The van der Waals surface area contributed by atoms with Gasteiger partial charge in [-0.2, -0.15) is 0 Å². The van der Waals surface area contributed by atoms with Crippen molar-refractivity contribution in [2.75, 3.05) is 19.9 Å². The molecule has 1 aromatic heterocycles. The lowest BCUT2D eigenvalue weighted by atomic mass is 9.81. The van der Waals surface area contributed by atoms with Crippen molar-refractivity contribution in [2.45, 2.75) is 64.0 Å². The molecular weight excluding hydrogens is 516 g/mol. The number of rotatable bonds is 6. The van der Waals surface area contributed by atoms with E-state index in [2.05, 4.69) is 52.6 Å². The third-order valence-electron chi connectivity index (χ3n) is 8.09. The molecule has 1 atom stereocenters. The normalized spacial score (nSPS) is 20.3. The summed E-state index contributed by atoms with van der Waals surface area (Å²) in [5.74, 6) is 0.406. The Kier molecular flexibility index (Phi) is 7.66. The van der Waals surface area contributed by atoms with E-state index in [-0.39, 0.29) is 24.0 Å². The Hall–Kier alpha value is -3.40. The van der Waals surface area contributed by atoms with Gasteiger partial charge in [0.15, 0.2) is 0 Å². The number of carbonyl (C=O) groups excluding carboxylic acids is 2. The SMILES string of the molecule is COC(=O)N1CCc2ccc3c(nc([C@H]4CC[C@H](C(=O)NS(C)(=O)=O)CC4)n3[C@@H](C)Cc3ccccc3)c2C1. The lowest BCUT2D eigenvalue weighted by molar-refractivity contribution is -0.124. The van der Waals surface area contributed by atoms with Crippen LogP contribution >= 0.6 is 0 Å². The highest BCUT2D eigenvalue weighted by atomic mass is 32.2. The highest BCUT2D eigenvalue weighted by molar-refractivity contribution is 7.89. The molecule has 0 radical (unpaired) electrons. The first-order valence-corrected chi connectivity index (χ1v) is 15.4. The number of sulfonamides is 1. The minimum Gasteiger partial charge on any atom is -0.453 e. The van der Waals surface area contributed by atoms with Gasteiger partial charge in [-0.25, -0.2) is 18.2 Å². The zero-order chi connectivity index (χ0) is 27.7. The largest absolute Gasteiger partial charge is 0.453 e. The maximum atomic E-state index is 12.5. The quantitative estimate of drug-likeness (QED) is 0.488. The fourth-order valence-electron chi connectivity index (χ4n) is 6.18. The smallest absolute Gasteiger partial charge is 0.409 e. The van der Waals surface area contributed by atoms with Gasteiger partial charge < -0.3 is 14.2 Å². The average Bonchev–Trinajstić information content (AvgIpc) is 3.32. The molecule has 208 valence electrons. The van der Waals surface area contributed by atoms with Crippen molar-refractivity contribution in [1.29, 1.82) is 0 Å². The molecule has 1 fully saturated rings. The van der Waals surface area contributed by atoms with Crippen LogP contribution in [-0.4, -0.2) is 54.8 Å². The third-order valence-corrected chi connectivity index (χ3v) is 8.66. The number of hydrogen-bond donors (Lipinski definition) is 1. The molecule has 0 bridgehead atoms. The minimum atomic E-state index is -3.58. The number of nitrogens with zero attached hydrogens (tertiary/aromatic N) is 3. The van der Waals surface area contributed by atoms with Crippen LogP contribution < -0.4 is 4.72 Å². The van der Waals surface area contributed by atoms with Crippen LogP contribution in [0.4, 0.5) is 4.79 Å². The van der Waals surface area contributed by atoms with E-state index in [0.29, 0.717) is 25.9 Å². The van der Waals surface area contributed by atoms with Crippen LogP contribution in [-0.2, 0) is 38.9 Å². The lowest BCUT2D eigenvalue weighted by Crippen LogP contribution is -2.36. The van der Waals surface area contributed by atoms with Crippen LogP contribution in [0.2, 0.25) is 0 Å². The van der Waals surface area contributed by atoms with Crippen molar-refractivity contribution in [3.8, 4) is 0 Å². The van der Waals surface area contributed by atoms with Gasteiger partial charge in [0.2, 0.25) is 15.9 Å². The zero-order valence-corrected chi connectivity index (χ0v) is 23.5. The first-order valence-electron chi connectivity index (χ1n) is 13.6. The van der Waals surface area contributed by atoms with E-state index in [0.717, 1.165) is 54.4 Å². The van der Waals surface area contributed by atoms with Gasteiger partial charge in [0, 0.05) is 30.0 Å². The number of methoxy groups -OCH3 is 1. The number of imidazole rings is 1. The summed E-state index contributed by atoms with van der Waals surface area (Å²) in [6.45, 7) is 3.28. The second-order valence-corrected chi connectivity index (χ2v) is 12.6. The van der Waals surface area contributed by atoms with Gasteiger partial charge in [-0.3, -0.25) is 9.52 Å². The molecule has 5 rings (SSSR count). The lowest BCUT2D eigenvalue weighted by Gasteiger charge is -2.29. The molecule has 1 aliphatic heterocycles.